The number of amides is 1. The largest absolute Gasteiger partial charge is 0.455 e. The molecule has 4 nitrogen and oxygen atoms in total. The third-order valence-electron chi connectivity index (χ3n) is 4.45. The molecule has 0 saturated heterocycles. The highest BCUT2D eigenvalue weighted by Crippen LogP contribution is 2.31. The number of rotatable bonds is 4. The summed E-state index contributed by atoms with van der Waals surface area (Å²) in [7, 11) is 0. The predicted molar refractivity (Wildman–Crippen MR) is 96.3 cm³/mol. The highest BCUT2D eigenvalue weighted by Gasteiger charge is 2.25. The normalized spacial score (nSPS) is 20.4. The number of hydrogen-bond donors (Lipinski definition) is 2. The number of carbonyl (C=O) groups excluding carboxylic acids is 1. The molecule has 126 valence electrons. The Labute approximate surface area is 143 Å². The van der Waals surface area contributed by atoms with E-state index in [4.69, 9.17) is 10.5 Å². The number of ether oxygens (including phenoxy) is 1. The van der Waals surface area contributed by atoms with Gasteiger partial charge < -0.3 is 15.8 Å². The molecule has 1 aliphatic rings. The Bertz CT molecular complexity index is 714. The molecule has 1 saturated carbocycles. The highest BCUT2D eigenvalue weighted by molar-refractivity contribution is 5.94. The molecule has 2 unspecified atom stereocenters. The molecule has 3 N–H and O–H groups in total. The van der Waals surface area contributed by atoms with Crippen LogP contribution in [0.1, 0.15) is 31.2 Å². The van der Waals surface area contributed by atoms with E-state index >= 15 is 0 Å². The minimum Gasteiger partial charge on any atom is -0.455 e. The van der Waals surface area contributed by atoms with Gasteiger partial charge in [0.2, 0.25) is 5.91 Å². The number of aryl methyl sites for hydroxylation is 1. The molecule has 1 aliphatic carbocycles. The smallest absolute Gasteiger partial charge is 0.227 e. The molecule has 2 atom stereocenters. The summed E-state index contributed by atoms with van der Waals surface area (Å²) in [5.74, 6) is 1.43. The van der Waals surface area contributed by atoms with Crippen LogP contribution < -0.4 is 15.8 Å². The van der Waals surface area contributed by atoms with E-state index < -0.39 is 0 Å². The van der Waals surface area contributed by atoms with Crippen LogP contribution in [0.4, 0.5) is 5.69 Å². The van der Waals surface area contributed by atoms with E-state index in [0.29, 0.717) is 11.4 Å². The maximum atomic E-state index is 12.5. The molecule has 24 heavy (non-hydrogen) atoms. The van der Waals surface area contributed by atoms with Crippen molar-refractivity contribution in [3.05, 3.63) is 54.1 Å². The fraction of sp³-hybridized carbons (Fsp3) is 0.350. The second-order valence-corrected chi connectivity index (χ2v) is 6.53. The Balaban J connectivity index is 1.73. The van der Waals surface area contributed by atoms with Crippen molar-refractivity contribution < 1.29 is 9.53 Å². The van der Waals surface area contributed by atoms with Crippen molar-refractivity contribution in [2.45, 2.75) is 38.6 Å². The van der Waals surface area contributed by atoms with Gasteiger partial charge in [0, 0.05) is 12.0 Å². The van der Waals surface area contributed by atoms with Crippen LogP contribution >= 0.6 is 0 Å². The van der Waals surface area contributed by atoms with Crippen molar-refractivity contribution in [2.24, 2.45) is 11.7 Å². The highest BCUT2D eigenvalue weighted by atomic mass is 16.5. The van der Waals surface area contributed by atoms with Crippen molar-refractivity contribution in [1.29, 1.82) is 0 Å². The minimum atomic E-state index is -0.0132. The minimum absolute atomic E-state index is 0.0132. The van der Waals surface area contributed by atoms with Crippen LogP contribution in [0.15, 0.2) is 48.5 Å². The van der Waals surface area contributed by atoms with Gasteiger partial charge in [-0.3, -0.25) is 4.79 Å². The molecule has 2 aromatic carbocycles. The number of anilines is 1. The first-order valence-electron chi connectivity index (χ1n) is 8.52. The summed E-state index contributed by atoms with van der Waals surface area (Å²) in [6.07, 6.45) is 3.69. The first-order valence-corrected chi connectivity index (χ1v) is 8.52. The van der Waals surface area contributed by atoms with Gasteiger partial charge in [-0.15, -0.1) is 0 Å². The Hall–Kier alpha value is -2.33. The number of nitrogens with two attached hydrogens (primary N) is 1. The van der Waals surface area contributed by atoms with E-state index in [1.54, 1.807) is 0 Å². The van der Waals surface area contributed by atoms with Crippen LogP contribution in [0.5, 0.6) is 11.5 Å². The van der Waals surface area contributed by atoms with Crippen LogP contribution in [0.25, 0.3) is 0 Å². The van der Waals surface area contributed by atoms with Crippen LogP contribution in [0, 0.1) is 12.8 Å². The predicted octanol–water partition coefficient (Wildman–Crippen LogP) is 4.24. The van der Waals surface area contributed by atoms with Crippen LogP contribution in [0.3, 0.4) is 0 Å². The molecule has 3 rings (SSSR count). The second-order valence-electron chi connectivity index (χ2n) is 6.53. The van der Waals surface area contributed by atoms with Crippen LogP contribution in [-0.2, 0) is 4.79 Å². The average molecular weight is 324 g/mol. The second kappa shape index (κ2) is 7.49. The summed E-state index contributed by atoms with van der Waals surface area (Å²) < 4.78 is 5.96. The molecule has 0 radical (unpaired) electrons. The van der Waals surface area contributed by atoms with Crippen molar-refractivity contribution in [3.63, 3.8) is 0 Å². The lowest BCUT2D eigenvalue weighted by atomic mass is 9.85. The summed E-state index contributed by atoms with van der Waals surface area (Å²) in [6, 6.07) is 15.5. The molecule has 1 fully saturated rings. The number of benzene rings is 2. The number of para-hydroxylation sites is 2. The molecule has 0 bridgehead atoms. The van der Waals surface area contributed by atoms with Crippen molar-refractivity contribution >= 4 is 11.6 Å². The first-order chi connectivity index (χ1) is 11.6. The Morgan fingerprint density at radius 3 is 2.79 bits per heavy atom. The van der Waals surface area contributed by atoms with Gasteiger partial charge in [-0.25, -0.2) is 0 Å². The SMILES string of the molecule is Cc1cccc(Oc2ccccc2NC(=O)C2CCCC(N)C2)c1. The molecule has 0 heterocycles. The summed E-state index contributed by atoms with van der Waals surface area (Å²) in [6.45, 7) is 2.02. The summed E-state index contributed by atoms with van der Waals surface area (Å²) in [4.78, 5) is 12.5. The third kappa shape index (κ3) is 4.15. The molecule has 0 aromatic heterocycles. The standard InChI is InChI=1S/C20H24N2O2/c1-14-6-4-9-17(12-14)24-19-11-3-2-10-18(19)22-20(23)15-7-5-8-16(21)13-15/h2-4,6,9-12,15-16H,5,7-8,13,21H2,1H3,(H,22,23). The number of carbonyl (C=O) groups is 1. The fourth-order valence-electron chi connectivity index (χ4n) is 3.17. The zero-order valence-electron chi connectivity index (χ0n) is 14.0. The summed E-state index contributed by atoms with van der Waals surface area (Å²) >= 11 is 0. The molecule has 0 spiro atoms. The molecular formula is C20H24N2O2. The van der Waals surface area contributed by atoms with Gasteiger partial charge in [-0.1, -0.05) is 30.7 Å². The molecule has 2 aromatic rings. The van der Waals surface area contributed by atoms with Gasteiger partial charge in [0.25, 0.3) is 0 Å². The average Bonchev–Trinajstić information content (AvgIpc) is 2.57. The van der Waals surface area contributed by atoms with E-state index in [2.05, 4.69) is 5.32 Å². The zero-order valence-corrected chi connectivity index (χ0v) is 14.0. The van der Waals surface area contributed by atoms with E-state index in [9.17, 15) is 4.79 Å². The van der Waals surface area contributed by atoms with Gasteiger partial charge in [-0.05, 0) is 56.0 Å². The molecular weight excluding hydrogens is 300 g/mol. The van der Waals surface area contributed by atoms with Gasteiger partial charge in [0.15, 0.2) is 5.75 Å². The fourth-order valence-corrected chi connectivity index (χ4v) is 3.17. The monoisotopic (exact) mass is 324 g/mol. The van der Waals surface area contributed by atoms with Gasteiger partial charge in [0.1, 0.15) is 5.75 Å². The lowest BCUT2D eigenvalue weighted by Gasteiger charge is -2.26. The maximum absolute atomic E-state index is 12.5. The molecule has 0 aliphatic heterocycles. The zero-order chi connectivity index (χ0) is 16.9. The molecule has 1 amide bonds. The Kier molecular flexibility index (Phi) is 5.16. The van der Waals surface area contributed by atoms with Crippen LogP contribution in [-0.4, -0.2) is 11.9 Å². The topological polar surface area (TPSA) is 64.3 Å². The van der Waals surface area contributed by atoms with E-state index in [1.165, 1.54) is 0 Å². The van der Waals surface area contributed by atoms with E-state index in [1.807, 2.05) is 55.5 Å². The van der Waals surface area contributed by atoms with E-state index in [0.717, 1.165) is 37.0 Å². The number of hydrogen-bond acceptors (Lipinski definition) is 3. The van der Waals surface area contributed by atoms with Crippen LogP contribution in [0.2, 0.25) is 0 Å². The Morgan fingerprint density at radius 2 is 2.00 bits per heavy atom. The Morgan fingerprint density at radius 1 is 1.17 bits per heavy atom. The first kappa shape index (κ1) is 16.5. The lowest BCUT2D eigenvalue weighted by molar-refractivity contribution is -0.120. The van der Waals surface area contributed by atoms with Crippen molar-refractivity contribution in [1.82, 2.24) is 0 Å². The van der Waals surface area contributed by atoms with E-state index in [-0.39, 0.29) is 17.9 Å². The maximum Gasteiger partial charge on any atom is 0.227 e. The quantitative estimate of drug-likeness (QED) is 0.884. The lowest BCUT2D eigenvalue weighted by Crippen LogP contribution is -2.34. The number of nitrogens with one attached hydrogen (secondary N) is 1. The summed E-state index contributed by atoms with van der Waals surface area (Å²) in [5, 5.41) is 3.02. The summed E-state index contributed by atoms with van der Waals surface area (Å²) in [5.41, 5.74) is 7.83. The van der Waals surface area contributed by atoms with Gasteiger partial charge in [-0.2, -0.15) is 0 Å². The van der Waals surface area contributed by atoms with Crippen molar-refractivity contribution in [2.75, 3.05) is 5.32 Å². The van der Waals surface area contributed by atoms with Gasteiger partial charge >= 0.3 is 0 Å². The van der Waals surface area contributed by atoms with Crippen molar-refractivity contribution in [3.8, 4) is 11.5 Å². The third-order valence-corrected chi connectivity index (χ3v) is 4.45. The molecule has 4 heteroatoms. The van der Waals surface area contributed by atoms with Gasteiger partial charge in [0.05, 0.1) is 5.69 Å².